The van der Waals surface area contributed by atoms with Crippen LogP contribution in [0.25, 0.3) is 6.08 Å². The van der Waals surface area contributed by atoms with Gasteiger partial charge in [0.15, 0.2) is 5.75 Å². The van der Waals surface area contributed by atoms with Gasteiger partial charge in [-0.3, -0.25) is 24.3 Å². The van der Waals surface area contributed by atoms with Crippen LogP contribution in [0.1, 0.15) is 54.1 Å². The van der Waals surface area contributed by atoms with Crippen LogP contribution in [-0.2, 0) is 19.6 Å². The third kappa shape index (κ3) is 10.1. The molecular weight excluding hydrogens is 662 g/mol. The summed E-state index contributed by atoms with van der Waals surface area (Å²) >= 11 is 0. The van der Waals surface area contributed by atoms with Gasteiger partial charge in [-0.15, -0.1) is 24.8 Å². The molecule has 0 bridgehead atoms. The standard InChI is InChI=1S/C30H37FN6O6S.2ClH/c1-2-42-28(38)19-44(40,41)37(18-22(31)16-20-5-3-6-21(15-20)29(32)33)23-8-9-26(25(17-23)30(34)39)43-24-10-13-36(14-11-24)27-7-4-12-35-27;;/h3,5-6,8-9,15-17,24H,2,4,7,10-14,18-19H2,1H3,(H3,32,33)(H2,34,39);2*1H/b22-16-;;. The van der Waals surface area contributed by atoms with Crippen molar-refractivity contribution in [3.05, 3.63) is 65.0 Å². The molecule has 1 fully saturated rings. The van der Waals surface area contributed by atoms with Crippen molar-refractivity contribution >= 4 is 70.1 Å². The van der Waals surface area contributed by atoms with Crippen molar-refractivity contribution in [2.75, 3.05) is 42.8 Å². The first kappa shape index (κ1) is 38.3. The molecule has 0 spiro atoms. The molecule has 2 aliphatic rings. The van der Waals surface area contributed by atoms with E-state index in [2.05, 4.69) is 9.89 Å². The Hall–Kier alpha value is -3.88. The highest BCUT2D eigenvalue weighted by molar-refractivity contribution is 7.93. The number of amidine groups is 2. The smallest absolute Gasteiger partial charge is 0.323 e. The zero-order chi connectivity index (χ0) is 31.9. The molecule has 1 amide bonds. The van der Waals surface area contributed by atoms with E-state index in [-0.39, 0.29) is 60.4 Å². The van der Waals surface area contributed by atoms with Crippen molar-refractivity contribution in [1.82, 2.24) is 4.90 Å². The number of hydrogen-bond donors (Lipinski definition) is 3. The number of ether oxygens (including phenoxy) is 2. The highest BCUT2D eigenvalue weighted by atomic mass is 35.5. The first-order valence-electron chi connectivity index (χ1n) is 14.3. The number of halogens is 3. The average molecular weight is 702 g/mol. The van der Waals surface area contributed by atoms with Crippen LogP contribution in [0.3, 0.4) is 0 Å². The monoisotopic (exact) mass is 700 g/mol. The molecule has 46 heavy (non-hydrogen) atoms. The number of nitrogens with one attached hydrogen (secondary N) is 1. The molecule has 16 heteroatoms. The van der Waals surface area contributed by atoms with E-state index < -0.39 is 40.0 Å². The van der Waals surface area contributed by atoms with E-state index in [0.717, 1.165) is 44.4 Å². The zero-order valence-electron chi connectivity index (χ0n) is 25.3. The first-order valence-corrected chi connectivity index (χ1v) is 15.9. The quantitative estimate of drug-likeness (QED) is 0.170. The Morgan fingerprint density at radius 2 is 1.87 bits per heavy atom. The van der Waals surface area contributed by atoms with Crippen LogP contribution in [0.4, 0.5) is 10.1 Å². The number of amides is 1. The van der Waals surface area contributed by atoms with E-state index in [9.17, 15) is 18.0 Å². The van der Waals surface area contributed by atoms with Gasteiger partial charge < -0.3 is 25.8 Å². The molecule has 0 aliphatic carbocycles. The second-order valence-electron chi connectivity index (χ2n) is 10.4. The number of hydrogen-bond acceptors (Lipinski definition) is 9. The molecule has 2 aromatic rings. The van der Waals surface area contributed by atoms with Gasteiger partial charge in [-0.2, -0.15) is 0 Å². The Morgan fingerprint density at radius 3 is 2.48 bits per heavy atom. The normalized spacial score (nSPS) is 15.2. The molecule has 12 nitrogen and oxygen atoms in total. The van der Waals surface area contributed by atoms with Gasteiger partial charge in [0.2, 0.25) is 10.0 Å². The van der Waals surface area contributed by atoms with Crippen molar-refractivity contribution in [1.29, 1.82) is 5.41 Å². The number of rotatable bonds is 12. The molecule has 0 unspecified atom stereocenters. The van der Waals surface area contributed by atoms with Crippen molar-refractivity contribution in [2.24, 2.45) is 16.5 Å². The van der Waals surface area contributed by atoms with Crippen LogP contribution in [0.15, 0.2) is 53.3 Å². The summed E-state index contributed by atoms with van der Waals surface area (Å²) in [7, 11) is -4.49. The van der Waals surface area contributed by atoms with Gasteiger partial charge in [0.1, 0.15) is 23.5 Å². The Morgan fingerprint density at radius 1 is 1.15 bits per heavy atom. The molecule has 0 atom stereocenters. The summed E-state index contributed by atoms with van der Waals surface area (Å²) in [6.07, 6.45) is 4.30. The number of likely N-dealkylation sites (tertiary alicyclic amines) is 1. The molecule has 2 heterocycles. The summed E-state index contributed by atoms with van der Waals surface area (Å²) in [5, 5.41) is 7.60. The molecule has 2 aromatic carbocycles. The number of nitrogens with zero attached hydrogens (tertiary/aromatic N) is 3. The maximum absolute atomic E-state index is 15.4. The average Bonchev–Trinajstić information content (AvgIpc) is 3.52. The first-order chi connectivity index (χ1) is 21.0. The summed E-state index contributed by atoms with van der Waals surface area (Å²) < 4.78 is 53.8. The molecule has 2 aliphatic heterocycles. The SMILES string of the molecule is CCOC(=O)CS(=O)(=O)N(C/C(F)=C/c1cccc(C(=N)N)c1)c1ccc(OC2CCN(C3=NCCC3)CC2)c(C(N)=O)c1.Cl.Cl. The minimum atomic E-state index is -4.49. The van der Waals surface area contributed by atoms with Gasteiger partial charge in [0.25, 0.3) is 5.91 Å². The summed E-state index contributed by atoms with van der Waals surface area (Å²) in [6, 6.07) is 10.2. The molecule has 5 N–H and O–H groups in total. The zero-order valence-corrected chi connectivity index (χ0v) is 27.8. The fraction of sp³-hybridized carbons (Fsp3) is 0.400. The number of carbonyl (C=O) groups excluding carboxylic acids is 2. The summed E-state index contributed by atoms with van der Waals surface area (Å²) in [5.74, 6) is -2.73. The number of nitrogen functional groups attached to an aromatic ring is 1. The highest BCUT2D eigenvalue weighted by Crippen LogP contribution is 2.30. The fourth-order valence-corrected chi connectivity index (χ4v) is 6.39. The number of aliphatic imine (C=N–C) groups is 1. The second-order valence-corrected chi connectivity index (χ2v) is 12.3. The number of esters is 1. The lowest BCUT2D eigenvalue weighted by Crippen LogP contribution is -2.41. The van der Waals surface area contributed by atoms with Crippen molar-refractivity contribution in [3.8, 4) is 5.75 Å². The predicted molar refractivity (Wildman–Crippen MR) is 181 cm³/mol. The van der Waals surface area contributed by atoms with Crippen molar-refractivity contribution in [2.45, 2.75) is 38.7 Å². The maximum atomic E-state index is 15.4. The van der Waals surface area contributed by atoms with Crippen LogP contribution < -0.4 is 20.5 Å². The van der Waals surface area contributed by atoms with Crippen LogP contribution in [0.2, 0.25) is 0 Å². The maximum Gasteiger partial charge on any atom is 0.323 e. The van der Waals surface area contributed by atoms with Gasteiger partial charge in [-0.1, -0.05) is 18.2 Å². The third-order valence-electron chi connectivity index (χ3n) is 7.23. The van der Waals surface area contributed by atoms with Crippen LogP contribution in [0, 0.1) is 5.41 Å². The number of piperidine rings is 1. The predicted octanol–water partition coefficient (Wildman–Crippen LogP) is 3.66. The van der Waals surface area contributed by atoms with Gasteiger partial charge in [0, 0.05) is 44.5 Å². The van der Waals surface area contributed by atoms with E-state index in [1.807, 2.05) is 0 Å². The number of sulfonamides is 1. The van der Waals surface area contributed by atoms with Gasteiger partial charge in [0.05, 0.1) is 30.2 Å². The number of carbonyl (C=O) groups is 2. The van der Waals surface area contributed by atoms with E-state index >= 15 is 4.39 Å². The molecule has 1 saturated heterocycles. The van der Waals surface area contributed by atoms with E-state index in [0.29, 0.717) is 28.3 Å². The highest BCUT2D eigenvalue weighted by Gasteiger charge is 2.30. The molecule has 252 valence electrons. The molecule has 0 radical (unpaired) electrons. The Balaban J connectivity index is 0.00000368. The van der Waals surface area contributed by atoms with Crippen molar-refractivity contribution < 1.29 is 31.9 Å². The number of anilines is 1. The molecule has 4 rings (SSSR count). The second kappa shape index (κ2) is 17.2. The Kier molecular flexibility index (Phi) is 14.3. The lowest BCUT2D eigenvalue weighted by molar-refractivity contribution is -0.139. The topological polar surface area (TPSA) is 181 Å². The largest absolute Gasteiger partial charge is 0.489 e. The lowest BCUT2D eigenvalue weighted by atomic mass is 10.1. The number of primary amides is 1. The van der Waals surface area contributed by atoms with Gasteiger partial charge >= 0.3 is 5.97 Å². The summed E-state index contributed by atoms with van der Waals surface area (Å²) in [6.45, 7) is 3.05. The number of nitrogens with two attached hydrogens (primary N) is 2. The summed E-state index contributed by atoms with van der Waals surface area (Å²) in [5.41, 5.74) is 11.7. The Bertz CT molecular complexity index is 1580. The van der Waals surface area contributed by atoms with E-state index in [1.165, 1.54) is 31.2 Å². The van der Waals surface area contributed by atoms with Crippen LogP contribution >= 0.6 is 24.8 Å². The van der Waals surface area contributed by atoms with Gasteiger partial charge in [-0.05, 0) is 49.2 Å². The molecule has 0 aromatic heterocycles. The summed E-state index contributed by atoms with van der Waals surface area (Å²) in [4.78, 5) is 31.4. The van der Waals surface area contributed by atoms with E-state index in [4.69, 9.17) is 26.4 Å². The minimum absolute atomic E-state index is 0. The van der Waals surface area contributed by atoms with Crippen molar-refractivity contribution in [3.63, 3.8) is 0 Å². The fourth-order valence-electron chi connectivity index (χ4n) is 5.10. The Labute approximate surface area is 280 Å². The lowest BCUT2D eigenvalue weighted by Gasteiger charge is -2.34. The number of benzene rings is 2. The minimum Gasteiger partial charge on any atom is -0.489 e. The molecule has 0 saturated carbocycles. The van der Waals surface area contributed by atoms with E-state index in [1.54, 1.807) is 18.2 Å². The van der Waals surface area contributed by atoms with Crippen LogP contribution in [0.5, 0.6) is 5.75 Å². The molecular formula is C30H39Cl2FN6O6S. The van der Waals surface area contributed by atoms with Gasteiger partial charge in [-0.25, -0.2) is 12.8 Å². The third-order valence-corrected chi connectivity index (χ3v) is 8.84. The van der Waals surface area contributed by atoms with Crippen LogP contribution in [-0.4, -0.2) is 81.5 Å².